The topological polar surface area (TPSA) is 123 Å². The molecule has 166 valence electrons. The number of hydrogen-bond donors (Lipinski definition) is 4. The molecule has 1 rings (SSSR count). The molecule has 0 radical (unpaired) electrons. The van der Waals surface area contributed by atoms with Gasteiger partial charge in [0.05, 0.1) is 25.9 Å². The van der Waals surface area contributed by atoms with Gasteiger partial charge in [-0.1, -0.05) is 19.9 Å². The van der Waals surface area contributed by atoms with E-state index in [0.717, 1.165) is 12.0 Å². The minimum atomic E-state index is -1.17. The number of hydrogen-bond acceptors (Lipinski definition) is 6. The summed E-state index contributed by atoms with van der Waals surface area (Å²) in [6, 6.07) is 5.20. The zero-order valence-corrected chi connectivity index (χ0v) is 17.9. The molecule has 0 saturated heterocycles. The highest BCUT2D eigenvalue weighted by molar-refractivity contribution is 5.64. The normalized spacial score (nSPS) is 14.3. The van der Waals surface area contributed by atoms with E-state index >= 15 is 0 Å². The first-order valence-electron chi connectivity index (χ1n) is 9.98. The third-order valence-electron chi connectivity index (χ3n) is 4.99. The Labute approximate surface area is 173 Å². The molecule has 5 N–H and O–H groups in total. The van der Waals surface area contributed by atoms with Crippen LogP contribution >= 0.6 is 0 Å². The summed E-state index contributed by atoms with van der Waals surface area (Å²) >= 11 is 0. The number of carboxylic acid groups (broad SMARTS) is 1. The quantitative estimate of drug-likeness (QED) is 0.346. The van der Waals surface area contributed by atoms with Gasteiger partial charge < -0.3 is 35.5 Å². The molecule has 0 bridgehead atoms. The fourth-order valence-electron chi connectivity index (χ4n) is 3.20. The van der Waals surface area contributed by atoms with E-state index < -0.39 is 18.2 Å². The second-order valence-corrected chi connectivity index (χ2v) is 7.48. The largest absolute Gasteiger partial charge is 0.493 e. The van der Waals surface area contributed by atoms with Crippen LogP contribution in [-0.4, -0.2) is 62.4 Å². The van der Waals surface area contributed by atoms with E-state index in [4.69, 9.17) is 25.1 Å². The molecule has 0 saturated carbocycles. The zero-order chi connectivity index (χ0) is 21.8. The smallest absolute Gasteiger partial charge is 0.404 e. The molecular formula is C21H36N2O6. The SMILES string of the molecule is COCCCOc1cc(CC(CC(NC(=O)O)[C@@H](O)CN)C(C)C)ccc1OC. The predicted octanol–water partition coefficient (Wildman–Crippen LogP) is 2.27. The van der Waals surface area contributed by atoms with Gasteiger partial charge in [0.2, 0.25) is 0 Å². The zero-order valence-electron chi connectivity index (χ0n) is 17.9. The molecule has 0 aromatic heterocycles. The highest BCUT2D eigenvalue weighted by Gasteiger charge is 2.26. The van der Waals surface area contributed by atoms with E-state index in [1.807, 2.05) is 18.2 Å². The van der Waals surface area contributed by atoms with Gasteiger partial charge >= 0.3 is 6.09 Å². The van der Waals surface area contributed by atoms with Gasteiger partial charge in [-0.2, -0.15) is 0 Å². The van der Waals surface area contributed by atoms with Gasteiger partial charge in [0, 0.05) is 26.7 Å². The van der Waals surface area contributed by atoms with Gasteiger partial charge in [0.25, 0.3) is 0 Å². The van der Waals surface area contributed by atoms with Gasteiger partial charge in [-0.3, -0.25) is 0 Å². The summed E-state index contributed by atoms with van der Waals surface area (Å²) in [4.78, 5) is 11.1. The van der Waals surface area contributed by atoms with E-state index in [0.29, 0.717) is 37.6 Å². The van der Waals surface area contributed by atoms with Crippen LogP contribution in [0.1, 0.15) is 32.3 Å². The number of amides is 1. The molecule has 0 aliphatic rings. The van der Waals surface area contributed by atoms with E-state index in [1.165, 1.54) is 0 Å². The Balaban J connectivity index is 2.92. The number of benzene rings is 1. The minimum Gasteiger partial charge on any atom is -0.493 e. The first-order valence-corrected chi connectivity index (χ1v) is 9.98. The van der Waals surface area contributed by atoms with E-state index in [9.17, 15) is 9.90 Å². The summed E-state index contributed by atoms with van der Waals surface area (Å²) < 4.78 is 16.3. The van der Waals surface area contributed by atoms with Crippen LogP contribution in [0.25, 0.3) is 0 Å². The molecule has 8 heteroatoms. The molecule has 0 fully saturated rings. The van der Waals surface area contributed by atoms with Crippen molar-refractivity contribution in [1.29, 1.82) is 0 Å². The molecule has 1 aromatic rings. The number of nitrogens with one attached hydrogen (secondary N) is 1. The maximum atomic E-state index is 11.1. The number of aliphatic hydroxyl groups is 1. The van der Waals surface area contributed by atoms with E-state index in [1.54, 1.807) is 14.2 Å². The van der Waals surface area contributed by atoms with Crippen molar-refractivity contribution in [2.24, 2.45) is 17.6 Å². The molecule has 29 heavy (non-hydrogen) atoms. The highest BCUT2D eigenvalue weighted by atomic mass is 16.5. The van der Waals surface area contributed by atoms with Crippen LogP contribution in [0, 0.1) is 11.8 Å². The first-order chi connectivity index (χ1) is 13.8. The standard InChI is InChI=1S/C21H36N2O6/c1-14(2)16(12-17(18(24)13-22)23-21(25)26)10-15-6-7-19(28-4)20(11-15)29-9-5-8-27-3/h6-7,11,14,16-18,23-24H,5,8-10,12-13,22H2,1-4H3,(H,25,26)/t16?,17?,18-/m0/s1. The summed E-state index contributed by atoms with van der Waals surface area (Å²) in [7, 11) is 3.26. The molecule has 2 unspecified atom stereocenters. The van der Waals surface area contributed by atoms with Gasteiger partial charge in [-0.25, -0.2) is 4.79 Å². The molecule has 3 atom stereocenters. The summed E-state index contributed by atoms with van der Waals surface area (Å²) in [5.74, 6) is 1.76. The molecular weight excluding hydrogens is 376 g/mol. The molecule has 0 aliphatic carbocycles. The Hall–Kier alpha value is -2.03. The lowest BCUT2D eigenvalue weighted by atomic mass is 9.83. The summed E-state index contributed by atoms with van der Waals surface area (Å²) in [6.45, 7) is 5.32. The number of ether oxygens (including phenoxy) is 3. The molecule has 1 aromatic carbocycles. The van der Waals surface area contributed by atoms with Crippen molar-refractivity contribution >= 4 is 6.09 Å². The van der Waals surface area contributed by atoms with E-state index in [-0.39, 0.29) is 18.4 Å². The predicted molar refractivity (Wildman–Crippen MR) is 112 cm³/mol. The van der Waals surface area contributed by atoms with Crippen LogP contribution in [0.5, 0.6) is 11.5 Å². The summed E-state index contributed by atoms with van der Waals surface area (Å²) in [6.07, 6.45) is -0.120. The molecule has 0 aliphatic heterocycles. The third-order valence-corrected chi connectivity index (χ3v) is 4.99. The number of rotatable bonds is 14. The highest BCUT2D eigenvalue weighted by Crippen LogP contribution is 2.31. The van der Waals surface area contributed by atoms with Crippen LogP contribution in [0.3, 0.4) is 0 Å². The average Bonchev–Trinajstić information content (AvgIpc) is 2.69. The van der Waals surface area contributed by atoms with Crippen LogP contribution in [-0.2, 0) is 11.2 Å². The van der Waals surface area contributed by atoms with Crippen molar-refractivity contribution in [3.05, 3.63) is 23.8 Å². The average molecular weight is 413 g/mol. The molecule has 0 heterocycles. The van der Waals surface area contributed by atoms with Crippen molar-refractivity contribution in [2.45, 2.75) is 45.3 Å². The second-order valence-electron chi connectivity index (χ2n) is 7.48. The lowest BCUT2D eigenvalue weighted by molar-refractivity contribution is 0.108. The Bertz CT molecular complexity index is 611. The molecule has 8 nitrogen and oxygen atoms in total. The second kappa shape index (κ2) is 13.2. The minimum absolute atomic E-state index is 0.00222. The number of aliphatic hydroxyl groups excluding tert-OH is 1. The van der Waals surface area contributed by atoms with Crippen molar-refractivity contribution in [3.8, 4) is 11.5 Å². The Morgan fingerprint density at radius 3 is 2.48 bits per heavy atom. The molecule has 1 amide bonds. The Kier molecular flexibility index (Phi) is 11.4. The van der Waals surface area contributed by atoms with Crippen LogP contribution in [0.15, 0.2) is 18.2 Å². The van der Waals surface area contributed by atoms with Gasteiger partial charge in [0.15, 0.2) is 11.5 Å². The number of carbonyl (C=O) groups is 1. The lowest BCUT2D eigenvalue weighted by Gasteiger charge is -2.29. The fraction of sp³-hybridized carbons (Fsp3) is 0.667. The summed E-state index contributed by atoms with van der Waals surface area (Å²) in [5, 5.41) is 21.6. The van der Waals surface area contributed by atoms with E-state index in [2.05, 4.69) is 19.2 Å². The first kappa shape index (κ1) is 25.0. The van der Waals surface area contributed by atoms with Crippen molar-refractivity contribution in [3.63, 3.8) is 0 Å². The lowest BCUT2D eigenvalue weighted by Crippen LogP contribution is -2.47. The van der Waals surface area contributed by atoms with Crippen LogP contribution < -0.4 is 20.5 Å². The van der Waals surface area contributed by atoms with Gasteiger partial charge in [-0.15, -0.1) is 0 Å². The summed E-state index contributed by atoms with van der Waals surface area (Å²) in [5.41, 5.74) is 6.61. The van der Waals surface area contributed by atoms with Crippen molar-refractivity contribution in [1.82, 2.24) is 5.32 Å². The number of methoxy groups -OCH3 is 2. The van der Waals surface area contributed by atoms with Crippen LogP contribution in [0.2, 0.25) is 0 Å². The molecule has 0 spiro atoms. The Morgan fingerprint density at radius 1 is 1.21 bits per heavy atom. The van der Waals surface area contributed by atoms with Crippen molar-refractivity contribution < 1.29 is 29.2 Å². The van der Waals surface area contributed by atoms with Crippen molar-refractivity contribution in [2.75, 3.05) is 34.0 Å². The maximum Gasteiger partial charge on any atom is 0.404 e. The third kappa shape index (κ3) is 8.89. The Morgan fingerprint density at radius 2 is 1.93 bits per heavy atom. The van der Waals surface area contributed by atoms with Gasteiger partial charge in [-0.05, 0) is 42.4 Å². The van der Waals surface area contributed by atoms with Crippen LogP contribution in [0.4, 0.5) is 4.79 Å². The van der Waals surface area contributed by atoms with Gasteiger partial charge in [0.1, 0.15) is 0 Å². The monoisotopic (exact) mass is 412 g/mol. The number of nitrogens with two attached hydrogens (primary N) is 1. The maximum absolute atomic E-state index is 11.1. The fourth-order valence-corrected chi connectivity index (χ4v) is 3.20.